The van der Waals surface area contributed by atoms with Gasteiger partial charge in [0.2, 0.25) is 0 Å². The van der Waals surface area contributed by atoms with Crippen molar-refractivity contribution < 1.29 is 0 Å². The predicted octanol–water partition coefficient (Wildman–Crippen LogP) is 3.74. The minimum Gasteiger partial charge on any atom is -0.264 e. The van der Waals surface area contributed by atoms with Crippen molar-refractivity contribution >= 4 is 0 Å². The molecule has 0 aliphatic carbocycles. The molecule has 0 fully saturated rings. The Hall–Kier alpha value is -1.63. The van der Waals surface area contributed by atoms with Gasteiger partial charge in [0.25, 0.3) is 0 Å². The first-order chi connectivity index (χ1) is 7.77. The first-order valence-corrected chi connectivity index (χ1v) is 5.72. The Morgan fingerprint density at radius 1 is 1.12 bits per heavy atom. The van der Waals surface area contributed by atoms with E-state index in [9.17, 15) is 0 Å². The van der Waals surface area contributed by atoms with Gasteiger partial charge in [-0.25, -0.2) is 0 Å². The number of aryl methyl sites for hydroxylation is 1. The molecule has 0 aliphatic heterocycles. The number of rotatable bonds is 3. The Morgan fingerprint density at radius 2 is 1.88 bits per heavy atom. The van der Waals surface area contributed by atoms with Gasteiger partial charge in [-0.3, -0.25) is 4.98 Å². The largest absolute Gasteiger partial charge is 0.264 e. The van der Waals surface area contributed by atoms with Gasteiger partial charge in [0, 0.05) is 12.4 Å². The lowest BCUT2D eigenvalue weighted by atomic mass is 9.93. The summed E-state index contributed by atoms with van der Waals surface area (Å²) in [5.41, 5.74) is 4.08. The number of benzene rings is 1. The molecule has 1 unspecified atom stereocenters. The van der Waals surface area contributed by atoms with Crippen molar-refractivity contribution in [3.05, 3.63) is 65.5 Å². The van der Waals surface area contributed by atoms with Crippen LogP contribution in [-0.4, -0.2) is 4.98 Å². The molecule has 2 rings (SSSR count). The Labute approximate surface area is 97.2 Å². The molecule has 1 heteroatoms. The number of hydrogen-bond donors (Lipinski definition) is 0. The van der Waals surface area contributed by atoms with Crippen LogP contribution >= 0.6 is 0 Å². The summed E-state index contributed by atoms with van der Waals surface area (Å²) in [5.74, 6) is 0.558. The molecule has 1 atom stereocenters. The van der Waals surface area contributed by atoms with E-state index in [2.05, 4.69) is 55.2 Å². The molecular formula is C15H17N. The van der Waals surface area contributed by atoms with Crippen LogP contribution < -0.4 is 0 Å². The lowest BCUT2D eigenvalue weighted by Gasteiger charge is -2.13. The van der Waals surface area contributed by atoms with E-state index in [4.69, 9.17) is 0 Å². The van der Waals surface area contributed by atoms with Gasteiger partial charge in [0.1, 0.15) is 0 Å². The molecule has 1 nitrogen and oxygen atoms in total. The molecule has 1 aromatic heterocycles. The maximum absolute atomic E-state index is 4.12. The van der Waals surface area contributed by atoms with Crippen molar-refractivity contribution in [2.24, 2.45) is 0 Å². The van der Waals surface area contributed by atoms with Gasteiger partial charge >= 0.3 is 0 Å². The van der Waals surface area contributed by atoms with E-state index in [0.29, 0.717) is 5.92 Å². The average Bonchev–Trinajstić information content (AvgIpc) is 2.33. The topological polar surface area (TPSA) is 12.9 Å². The second kappa shape index (κ2) is 4.93. The average molecular weight is 211 g/mol. The molecule has 0 N–H and O–H groups in total. The highest BCUT2D eigenvalue weighted by Crippen LogP contribution is 2.21. The van der Waals surface area contributed by atoms with Gasteiger partial charge in [0.15, 0.2) is 0 Å². The van der Waals surface area contributed by atoms with E-state index in [1.807, 2.05) is 12.4 Å². The third-order valence-electron chi connectivity index (χ3n) is 3.03. The second-order valence-corrected chi connectivity index (χ2v) is 4.32. The molecular weight excluding hydrogens is 194 g/mol. The zero-order valence-electron chi connectivity index (χ0n) is 9.85. The van der Waals surface area contributed by atoms with E-state index < -0.39 is 0 Å². The SMILES string of the molecule is Cc1cnccc1CC(C)c1ccccc1. The first kappa shape index (κ1) is 10.9. The summed E-state index contributed by atoms with van der Waals surface area (Å²) < 4.78 is 0. The molecule has 82 valence electrons. The van der Waals surface area contributed by atoms with Crippen molar-refractivity contribution in [2.75, 3.05) is 0 Å². The van der Waals surface area contributed by atoms with E-state index in [0.717, 1.165) is 6.42 Å². The Balaban J connectivity index is 2.14. The molecule has 16 heavy (non-hydrogen) atoms. The monoisotopic (exact) mass is 211 g/mol. The minimum absolute atomic E-state index is 0.558. The van der Waals surface area contributed by atoms with Gasteiger partial charge in [-0.15, -0.1) is 0 Å². The highest BCUT2D eigenvalue weighted by atomic mass is 14.6. The normalized spacial score (nSPS) is 12.4. The summed E-state index contributed by atoms with van der Waals surface area (Å²) in [5, 5.41) is 0. The van der Waals surface area contributed by atoms with Crippen molar-refractivity contribution in [1.29, 1.82) is 0 Å². The zero-order valence-corrected chi connectivity index (χ0v) is 9.85. The van der Waals surface area contributed by atoms with E-state index in [1.165, 1.54) is 16.7 Å². The molecule has 0 saturated heterocycles. The summed E-state index contributed by atoms with van der Waals surface area (Å²) in [7, 11) is 0. The van der Waals surface area contributed by atoms with Crippen molar-refractivity contribution in [1.82, 2.24) is 4.98 Å². The van der Waals surface area contributed by atoms with Crippen LogP contribution in [-0.2, 0) is 6.42 Å². The smallest absolute Gasteiger partial charge is 0.0299 e. The standard InChI is InChI=1S/C15H17N/c1-12(14-6-4-3-5-7-14)10-15-8-9-16-11-13(15)2/h3-9,11-12H,10H2,1-2H3. The molecule has 0 spiro atoms. The van der Waals surface area contributed by atoms with Crippen LogP contribution in [0, 0.1) is 6.92 Å². The molecule has 0 radical (unpaired) electrons. The summed E-state index contributed by atoms with van der Waals surface area (Å²) in [4.78, 5) is 4.12. The molecule has 0 amide bonds. The highest BCUT2D eigenvalue weighted by Gasteiger charge is 2.07. The van der Waals surface area contributed by atoms with Crippen LogP contribution in [0.2, 0.25) is 0 Å². The summed E-state index contributed by atoms with van der Waals surface area (Å²) in [6.45, 7) is 4.40. The molecule has 2 aromatic rings. The lowest BCUT2D eigenvalue weighted by Crippen LogP contribution is -2.00. The second-order valence-electron chi connectivity index (χ2n) is 4.32. The first-order valence-electron chi connectivity index (χ1n) is 5.72. The van der Waals surface area contributed by atoms with Gasteiger partial charge in [-0.1, -0.05) is 37.3 Å². The van der Waals surface area contributed by atoms with Crippen LogP contribution in [0.15, 0.2) is 48.8 Å². The van der Waals surface area contributed by atoms with Crippen LogP contribution in [0.4, 0.5) is 0 Å². The van der Waals surface area contributed by atoms with Gasteiger partial charge in [0.05, 0.1) is 0 Å². The molecule has 0 bridgehead atoms. The number of nitrogens with zero attached hydrogens (tertiary/aromatic N) is 1. The van der Waals surface area contributed by atoms with Crippen LogP contribution in [0.5, 0.6) is 0 Å². The molecule has 0 saturated carbocycles. The number of hydrogen-bond acceptors (Lipinski definition) is 1. The summed E-state index contributed by atoms with van der Waals surface area (Å²) in [6.07, 6.45) is 4.89. The molecule has 1 aromatic carbocycles. The zero-order chi connectivity index (χ0) is 11.4. The van der Waals surface area contributed by atoms with E-state index in [-0.39, 0.29) is 0 Å². The number of aromatic nitrogens is 1. The third-order valence-corrected chi connectivity index (χ3v) is 3.03. The van der Waals surface area contributed by atoms with Crippen LogP contribution in [0.3, 0.4) is 0 Å². The quantitative estimate of drug-likeness (QED) is 0.753. The van der Waals surface area contributed by atoms with Gasteiger partial charge in [-0.2, -0.15) is 0 Å². The lowest BCUT2D eigenvalue weighted by molar-refractivity contribution is 0.754. The summed E-state index contributed by atoms with van der Waals surface area (Å²) in [6, 6.07) is 12.8. The maximum Gasteiger partial charge on any atom is 0.0299 e. The Morgan fingerprint density at radius 3 is 2.56 bits per heavy atom. The summed E-state index contributed by atoms with van der Waals surface area (Å²) >= 11 is 0. The van der Waals surface area contributed by atoms with Gasteiger partial charge in [-0.05, 0) is 42.0 Å². The molecule has 0 aliphatic rings. The highest BCUT2D eigenvalue weighted by molar-refractivity contribution is 5.26. The van der Waals surface area contributed by atoms with E-state index in [1.54, 1.807) is 0 Å². The maximum atomic E-state index is 4.12. The Kier molecular flexibility index (Phi) is 3.35. The third kappa shape index (κ3) is 2.48. The van der Waals surface area contributed by atoms with Crippen molar-refractivity contribution in [3.63, 3.8) is 0 Å². The van der Waals surface area contributed by atoms with Crippen LogP contribution in [0.1, 0.15) is 29.5 Å². The fraction of sp³-hybridized carbons (Fsp3) is 0.267. The fourth-order valence-corrected chi connectivity index (χ4v) is 1.96. The van der Waals surface area contributed by atoms with Crippen LogP contribution in [0.25, 0.3) is 0 Å². The van der Waals surface area contributed by atoms with Crippen molar-refractivity contribution in [2.45, 2.75) is 26.2 Å². The minimum atomic E-state index is 0.558. The predicted molar refractivity (Wildman–Crippen MR) is 67.5 cm³/mol. The fourth-order valence-electron chi connectivity index (χ4n) is 1.96. The van der Waals surface area contributed by atoms with E-state index >= 15 is 0 Å². The Bertz CT molecular complexity index is 448. The molecule has 1 heterocycles. The van der Waals surface area contributed by atoms with Crippen molar-refractivity contribution in [3.8, 4) is 0 Å². The van der Waals surface area contributed by atoms with Gasteiger partial charge < -0.3 is 0 Å². The number of pyridine rings is 1.